The molecular weight excluding hydrogens is 467 g/mol. The molecular formula is C23H17FN2O3S3. The maximum absolute atomic E-state index is 13.5. The molecule has 2 aliphatic carbocycles. The number of fused-ring (bicyclic) bond motifs is 9. The SMILES string of the molecule is O=C1[C@@H]2[C@@H]3C[C@@H]([C@H]4Sc5[nH]c(=O)sc5[C@@H](c5cccs5)[C@H]34)[C@@H]2C(=O)N1c1ccc(F)cc1. The van der Waals surface area contributed by atoms with Gasteiger partial charge in [-0.2, -0.15) is 0 Å². The smallest absolute Gasteiger partial charge is 0.305 e. The second kappa shape index (κ2) is 6.65. The number of nitrogens with zero attached hydrogens (tertiary/aromatic N) is 1. The van der Waals surface area contributed by atoms with E-state index in [2.05, 4.69) is 16.4 Å². The normalized spacial score (nSPS) is 34.7. The molecule has 2 bridgehead atoms. The van der Waals surface area contributed by atoms with Crippen LogP contribution >= 0.6 is 34.4 Å². The van der Waals surface area contributed by atoms with Crippen molar-refractivity contribution >= 4 is 51.9 Å². The van der Waals surface area contributed by atoms with E-state index in [1.807, 2.05) is 6.07 Å². The van der Waals surface area contributed by atoms with E-state index in [9.17, 15) is 18.8 Å². The molecule has 1 aromatic carbocycles. The van der Waals surface area contributed by atoms with E-state index in [1.165, 1.54) is 45.4 Å². The van der Waals surface area contributed by atoms with Gasteiger partial charge in [-0.3, -0.25) is 19.3 Å². The van der Waals surface area contributed by atoms with Crippen molar-refractivity contribution in [1.29, 1.82) is 0 Å². The predicted octanol–water partition coefficient (Wildman–Crippen LogP) is 4.31. The summed E-state index contributed by atoms with van der Waals surface area (Å²) in [6, 6.07) is 9.73. The highest BCUT2D eigenvalue weighted by atomic mass is 32.2. The quantitative estimate of drug-likeness (QED) is 0.550. The van der Waals surface area contributed by atoms with Gasteiger partial charge in [0.25, 0.3) is 0 Å². The Kier molecular flexibility index (Phi) is 4.00. The number of hydrogen-bond donors (Lipinski definition) is 1. The number of benzene rings is 1. The number of amides is 2. The molecule has 4 heterocycles. The Bertz CT molecular complexity index is 1310. The number of H-pyrrole nitrogens is 1. The van der Waals surface area contributed by atoms with Crippen LogP contribution in [0.5, 0.6) is 0 Å². The molecule has 2 aliphatic heterocycles. The second-order valence-corrected chi connectivity index (χ2v) is 12.1. The van der Waals surface area contributed by atoms with Gasteiger partial charge in [-0.05, 0) is 59.9 Å². The Morgan fingerprint density at radius 1 is 1.00 bits per heavy atom. The summed E-state index contributed by atoms with van der Waals surface area (Å²) in [4.78, 5) is 45.7. The molecule has 1 saturated heterocycles. The first-order valence-corrected chi connectivity index (χ1v) is 13.2. The van der Waals surface area contributed by atoms with Crippen molar-refractivity contribution < 1.29 is 14.0 Å². The lowest BCUT2D eigenvalue weighted by Gasteiger charge is -2.42. The molecule has 3 aromatic rings. The van der Waals surface area contributed by atoms with Gasteiger partial charge in [0.2, 0.25) is 11.8 Å². The molecule has 2 aromatic heterocycles. The van der Waals surface area contributed by atoms with Crippen molar-refractivity contribution in [2.24, 2.45) is 29.6 Å². The van der Waals surface area contributed by atoms with Gasteiger partial charge in [-0.25, -0.2) is 4.39 Å². The Morgan fingerprint density at radius 2 is 1.75 bits per heavy atom. The maximum Gasteiger partial charge on any atom is 0.305 e. The van der Waals surface area contributed by atoms with Crippen LogP contribution in [0.3, 0.4) is 0 Å². The van der Waals surface area contributed by atoms with Crippen LogP contribution in [0, 0.1) is 35.4 Å². The molecule has 32 heavy (non-hydrogen) atoms. The highest BCUT2D eigenvalue weighted by Crippen LogP contribution is 2.68. The van der Waals surface area contributed by atoms with E-state index in [-0.39, 0.29) is 57.4 Å². The zero-order valence-corrected chi connectivity index (χ0v) is 19.0. The van der Waals surface area contributed by atoms with Gasteiger partial charge in [0.1, 0.15) is 5.82 Å². The molecule has 7 atom stereocenters. The number of anilines is 1. The molecule has 0 radical (unpaired) electrons. The maximum atomic E-state index is 13.5. The fraction of sp³-hybridized carbons (Fsp3) is 0.348. The van der Waals surface area contributed by atoms with Gasteiger partial charge in [0, 0.05) is 20.9 Å². The summed E-state index contributed by atoms with van der Waals surface area (Å²) in [6.45, 7) is 0. The molecule has 162 valence electrons. The van der Waals surface area contributed by atoms with Gasteiger partial charge < -0.3 is 4.98 Å². The van der Waals surface area contributed by atoms with E-state index >= 15 is 0 Å². The first-order valence-electron chi connectivity index (χ1n) is 10.6. The minimum Gasteiger partial charge on any atom is -0.307 e. The summed E-state index contributed by atoms with van der Waals surface area (Å²) in [5.74, 6) is -0.873. The summed E-state index contributed by atoms with van der Waals surface area (Å²) >= 11 is 4.65. The van der Waals surface area contributed by atoms with Crippen molar-refractivity contribution in [3.05, 3.63) is 67.0 Å². The second-order valence-electron chi connectivity index (χ2n) is 8.96. The Labute approximate surface area is 194 Å². The van der Waals surface area contributed by atoms with E-state index in [1.54, 1.807) is 23.1 Å². The third-order valence-electron chi connectivity index (χ3n) is 7.66. The number of aromatic nitrogens is 1. The molecule has 2 saturated carbocycles. The number of carbonyl (C=O) groups excluding carboxylic acids is 2. The van der Waals surface area contributed by atoms with Crippen LogP contribution in [-0.4, -0.2) is 22.0 Å². The van der Waals surface area contributed by atoms with E-state index in [0.29, 0.717) is 5.69 Å². The summed E-state index contributed by atoms with van der Waals surface area (Å²) < 4.78 is 13.4. The Balaban J connectivity index is 1.32. The van der Waals surface area contributed by atoms with Crippen LogP contribution in [0.1, 0.15) is 22.1 Å². The van der Waals surface area contributed by atoms with Crippen LogP contribution in [0.2, 0.25) is 0 Å². The molecule has 9 heteroatoms. The lowest BCUT2D eigenvalue weighted by Crippen LogP contribution is -2.42. The van der Waals surface area contributed by atoms with Crippen LogP contribution in [0.4, 0.5) is 10.1 Å². The molecule has 0 unspecified atom stereocenters. The summed E-state index contributed by atoms with van der Waals surface area (Å²) in [7, 11) is 0. The number of thiophene rings is 1. The van der Waals surface area contributed by atoms with E-state index in [0.717, 1.165) is 16.3 Å². The lowest BCUT2D eigenvalue weighted by atomic mass is 9.69. The topological polar surface area (TPSA) is 70.2 Å². The van der Waals surface area contributed by atoms with Crippen molar-refractivity contribution in [3.8, 4) is 0 Å². The van der Waals surface area contributed by atoms with Gasteiger partial charge in [-0.15, -0.1) is 23.1 Å². The monoisotopic (exact) mass is 484 g/mol. The zero-order chi connectivity index (χ0) is 21.7. The summed E-state index contributed by atoms with van der Waals surface area (Å²) in [6.07, 6.45) is 0.869. The highest BCUT2D eigenvalue weighted by molar-refractivity contribution is 8.00. The molecule has 3 fully saturated rings. The lowest BCUT2D eigenvalue weighted by molar-refractivity contribution is -0.123. The number of thiazole rings is 1. The Hall–Kier alpha value is -2.23. The van der Waals surface area contributed by atoms with Gasteiger partial charge in [0.05, 0.1) is 22.5 Å². The van der Waals surface area contributed by atoms with E-state index in [4.69, 9.17) is 0 Å². The standard InChI is InChI=1S/C23H17FN2O3S3/c24-9-3-5-10(6-4-9)26-21(27)15-11-8-12(16(15)22(26)28)18-14(11)17(13-2-1-7-30-13)19-20(31-18)25-23(29)32-19/h1-7,11-12,14-18H,8H2,(H,25,29)/t11-,12-,14+,15-,16+,17+,18-/m1/s1. The van der Waals surface area contributed by atoms with Crippen LogP contribution in [0.25, 0.3) is 0 Å². The van der Waals surface area contributed by atoms with Crippen LogP contribution in [-0.2, 0) is 9.59 Å². The third-order valence-corrected chi connectivity index (χ3v) is 11.2. The number of hydrogen-bond acceptors (Lipinski definition) is 6. The highest BCUT2D eigenvalue weighted by Gasteiger charge is 2.69. The Morgan fingerprint density at radius 3 is 2.47 bits per heavy atom. The zero-order valence-electron chi connectivity index (χ0n) is 16.6. The van der Waals surface area contributed by atoms with Gasteiger partial charge in [-0.1, -0.05) is 17.4 Å². The van der Waals surface area contributed by atoms with Crippen LogP contribution in [0.15, 0.2) is 51.6 Å². The van der Waals surface area contributed by atoms with Crippen molar-refractivity contribution in [3.63, 3.8) is 0 Å². The predicted molar refractivity (Wildman–Crippen MR) is 122 cm³/mol. The number of nitrogens with one attached hydrogen (secondary N) is 1. The van der Waals surface area contributed by atoms with Gasteiger partial charge >= 0.3 is 4.87 Å². The largest absolute Gasteiger partial charge is 0.307 e. The first kappa shape index (κ1) is 19.3. The number of carbonyl (C=O) groups is 2. The number of aromatic amines is 1. The molecule has 7 rings (SSSR count). The van der Waals surface area contributed by atoms with E-state index < -0.39 is 5.82 Å². The first-order chi connectivity index (χ1) is 15.5. The van der Waals surface area contributed by atoms with Crippen molar-refractivity contribution in [2.75, 3.05) is 4.90 Å². The fourth-order valence-electron chi connectivity index (χ4n) is 6.65. The summed E-state index contributed by atoms with van der Waals surface area (Å²) in [5.41, 5.74) is 0.448. The molecule has 1 N–H and O–H groups in total. The molecule has 0 spiro atoms. The third kappa shape index (κ3) is 2.42. The van der Waals surface area contributed by atoms with Crippen molar-refractivity contribution in [2.45, 2.75) is 22.6 Å². The number of halogens is 1. The van der Waals surface area contributed by atoms with Gasteiger partial charge in [0.15, 0.2) is 0 Å². The minimum atomic E-state index is -0.394. The fourth-order valence-corrected chi connectivity index (χ4v) is 10.5. The van der Waals surface area contributed by atoms with Crippen LogP contribution < -0.4 is 9.77 Å². The molecule has 4 aliphatic rings. The average molecular weight is 485 g/mol. The molecule has 2 amide bonds. The number of rotatable bonds is 2. The minimum absolute atomic E-state index is 0.0498. The molecule has 5 nitrogen and oxygen atoms in total. The average Bonchev–Trinajstić information content (AvgIpc) is 3.57. The number of imide groups is 1. The van der Waals surface area contributed by atoms with Crippen molar-refractivity contribution in [1.82, 2.24) is 4.98 Å². The summed E-state index contributed by atoms with van der Waals surface area (Å²) in [5, 5.41) is 3.17. The number of thioether (sulfide) groups is 1.